The number of carbonyl (C=O) groups excluding carboxylic acids is 1. The van der Waals surface area contributed by atoms with Gasteiger partial charge in [0.1, 0.15) is 0 Å². The van der Waals surface area contributed by atoms with Crippen molar-refractivity contribution >= 4 is 11.6 Å². The van der Waals surface area contributed by atoms with Gasteiger partial charge in [0.05, 0.1) is 11.0 Å². The second kappa shape index (κ2) is 9.15. The highest BCUT2D eigenvalue weighted by Gasteiger charge is 2.28. The van der Waals surface area contributed by atoms with Gasteiger partial charge in [0.2, 0.25) is 5.91 Å². The molecule has 7 nitrogen and oxygen atoms in total. The van der Waals surface area contributed by atoms with Gasteiger partial charge in [-0.05, 0) is 41.2 Å². The fraction of sp³-hybridized carbons (Fsp3) is 0.409. The highest BCUT2D eigenvalue weighted by molar-refractivity contribution is 5.95. The lowest BCUT2D eigenvalue weighted by atomic mass is 9.85. The summed E-state index contributed by atoms with van der Waals surface area (Å²) in [6.07, 6.45) is 1.47. The Kier molecular flexibility index (Phi) is 6.61. The predicted molar refractivity (Wildman–Crippen MR) is 113 cm³/mol. The molecule has 0 radical (unpaired) electrons. The number of rotatable bonds is 7. The first-order valence-electron chi connectivity index (χ1n) is 10.1. The number of non-ortho nitro benzene ring substituents is 1. The van der Waals surface area contributed by atoms with Gasteiger partial charge in [-0.1, -0.05) is 32.0 Å². The Morgan fingerprint density at radius 2 is 1.86 bits per heavy atom. The Balaban J connectivity index is 2.20. The number of nitro groups is 1. The van der Waals surface area contributed by atoms with Crippen LogP contribution in [0.2, 0.25) is 0 Å². The van der Waals surface area contributed by atoms with Crippen molar-refractivity contribution in [3.05, 3.63) is 74.3 Å². The van der Waals surface area contributed by atoms with Gasteiger partial charge in [0.15, 0.2) is 0 Å². The fourth-order valence-electron chi connectivity index (χ4n) is 4.36. The number of benzene rings is 2. The first-order valence-corrected chi connectivity index (χ1v) is 10.1. The van der Waals surface area contributed by atoms with Crippen LogP contribution in [0.15, 0.2) is 36.4 Å². The van der Waals surface area contributed by atoms with Crippen molar-refractivity contribution in [3.8, 4) is 0 Å². The van der Waals surface area contributed by atoms with Crippen LogP contribution in [0.25, 0.3) is 0 Å². The molecule has 154 valence electrons. The van der Waals surface area contributed by atoms with Crippen LogP contribution in [-0.4, -0.2) is 41.9 Å². The monoisotopic (exact) mass is 396 g/mol. The summed E-state index contributed by atoms with van der Waals surface area (Å²) in [4.78, 5) is 25.3. The van der Waals surface area contributed by atoms with E-state index in [2.05, 4.69) is 17.1 Å². The lowest BCUT2D eigenvalue weighted by Crippen LogP contribution is -2.45. The van der Waals surface area contributed by atoms with Gasteiger partial charge in [0.25, 0.3) is 5.69 Å². The smallest absolute Gasteiger partial charge is 0.269 e. The Morgan fingerprint density at radius 1 is 1.17 bits per heavy atom. The summed E-state index contributed by atoms with van der Waals surface area (Å²) in [7, 11) is 0. The molecule has 0 aromatic heterocycles. The van der Waals surface area contributed by atoms with E-state index in [0.717, 1.165) is 54.9 Å². The summed E-state index contributed by atoms with van der Waals surface area (Å²) in [6.45, 7) is 7.52. The number of piperazine rings is 1. The summed E-state index contributed by atoms with van der Waals surface area (Å²) in [6, 6.07) is 10.6. The van der Waals surface area contributed by atoms with E-state index < -0.39 is 5.91 Å². The Labute approximate surface area is 171 Å². The minimum atomic E-state index is -0.419. The van der Waals surface area contributed by atoms with E-state index in [1.165, 1.54) is 6.07 Å². The minimum absolute atomic E-state index is 0.0881. The maximum atomic E-state index is 11.9. The molecule has 1 unspecified atom stereocenters. The SMILES string of the molecule is CCc1c(C(N)=O)ccc(C(c2cccc([N+](=O)[O-])c2)N2CCNCC2)c1CC. The first kappa shape index (κ1) is 21.0. The zero-order chi connectivity index (χ0) is 21.0. The molecule has 1 atom stereocenters. The average molecular weight is 396 g/mol. The van der Waals surface area contributed by atoms with Crippen LogP contribution in [0.5, 0.6) is 0 Å². The molecule has 1 fully saturated rings. The topological polar surface area (TPSA) is 102 Å². The normalized spacial score (nSPS) is 15.8. The van der Waals surface area contributed by atoms with Gasteiger partial charge in [-0.25, -0.2) is 0 Å². The van der Waals surface area contributed by atoms with E-state index in [0.29, 0.717) is 12.0 Å². The molecule has 0 spiro atoms. The van der Waals surface area contributed by atoms with Gasteiger partial charge in [-0.3, -0.25) is 19.8 Å². The second-order valence-electron chi connectivity index (χ2n) is 7.27. The van der Waals surface area contributed by atoms with E-state index in [9.17, 15) is 14.9 Å². The van der Waals surface area contributed by atoms with Crippen LogP contribution in [0.4, 0.5) is 5.69 Å². The second-order valence-corrected chi connectivity index (χ2v) is 7.27. The van der Waals surface area contributed by atoms with E-state index in [4.69, 9.17) is 5.73 Å². The third-order valence-corrected chi connectivity index (χ3v) is 5.65. The molecule has 0 bridgehead atoms. The van der Waals surface area contributed by atoms with Gasteiger partial charge in [-0.15, -0.1) is 0 Å². The summed E-state index contributed by atoms with van der Waals surface area (Å²) in [5.41, 5.74) is 10.3. The molecule has 0 saturated carbocycles. The number of nitrogens with two attached hydrogens (primary N) is 1. The summed E-state index contributed by atoms with van der Waals surface area (Å²) >= 11 is 0. The lowest BCUT2D eigenvalue weighted by molar-refractivity contribution is -0.384. The lowest BCUT2D eigenvalue weighted by Gasteiger charge is -2.37. The van der Waals surface area contributed by atoms with Crippen molar-refractivity contribution in [2.24, 2.45) is 5.73 Å². The van der Waals surface area contributed by atoms with Crippen molar-refractivity contribution in [2.75, 3.05) is 26.2 Å². The Morgan fingerprint density at radius 3 is 2.45 bits per heavy atom. The maximum absolute atomic E-state index is 11.9. The number of nitrogens with one attached hydrogen (secondary N) is 1. The van der Waals surface area contributed by atoms with Gasteiger partial charge >= 0.3 is 0 Å². The number of carbonyl (C=O) groups is 1. The third kappa shape index (κ3) is 4.31. The maximum Gasteiger partial charge on any atom is 0.269 e. The van der Waals surface area contributed by atoms with E-state index >= 15 is 0 Å². The Hall–Kier alpha value is -2.77. The Bertz CT molecular complexity index is 907. The number of nitrogens with zero attached hydrogens (tertiary/aromatic N) is 2. The largest absolute Gasteiger partial charge is 0.366 e. The molecule has 1 heterocycles. The summed E-state index contributed by atoms with van der Waals surface area (Å²) in [5.74, 6) is -0.419. The highest BCUT2D eigenvalue weighted by atomic mass is 16.6. The third-order valence-electron chi connectivity index (χ3n) is 5.65. The molecular formula is C22H28N4O3. The molecule has 2 aromatic rings. The molecule has 3 N–H and O–H groups in total. The van der Waals surface area contributed by atoms with Gasteiger partial charge in [-0.2, -0.15) is 0 Å². The van der Waals surface area contributed by atoms with Crippen molar-refractivity contribution in [1.29, 1.82) is 0 Å². The molecule has 1 saturated heterocycles. The van der Waals surface area contributed by atoms with Gasteiger partial charge in [0, 0.05) is 43.9 Å². The van der Waals surface area contributed by atoms with Crippen LogP contribution < -0.4 is 11.1 Å². The zero-order valence-electron chi connectivity index (χ0n) is 17.0. The fourth-order valence-corrected chi connectivity index (χ4v) is 4.36. The first-order chi connectivity index (χ1) is 14.0. The molecule has 7 heteroatoms. The number of amides is 1. The quantitative estimate of drug-likeness (QED) is 0.553. The van der Waals surface area contributed by atoms with Crippen molar-refractivity contribution in [3.63, 3.8) is 0 Å². The molecule has 2 aromatic carbocycles. The number of hydrogen-bond acceptors (Lipinski definition) is 5. The van der Waals surface area contributed by atoms with Crippen molar-refractivity contribution in [1.82, 2.24) is 10.2 Å². The van der Waals surface area contributed by atoms with Crippen LogP contribution in [-0.2, 0) is 12.8 Å². The van der Waals surface area contributed by atoms with Gasteiger partial charge < -0.3 is 11.1 Å². The molecule has 1 aliphatic heterocycles. The van der Waals surface area contributed by atoms with E-state index in [1.54, 1.807) is 12.1 Å². The molecule has 1 amide bonds. The van der Waals surface area contributed by atoms with Crippen LogP contribution >= 0.6 is 0 Å². The molecule has 29 heavy (non-hydrogen) atoms. The molecule has 3 rings (SSSR count). The minimum Gasteiger partial charge on any atom is -0.366 e. The van der Waals surface area contributed by atoms with Crippen LogP contribution in [0.3, 0.4) is 0 Å². The number of hydrogen-bond donors (Lipinski definition) is 2. The van der Waals surface area contributed by atoms with Crippen molar-refractivity contribution in [2.45, 2.75) is 32.7 Å². The molecule has 1 aliphatic rings. The molecular weight excluding hydrogens is 368 g/mol. The van der Waals surface area contributed by atoms with E-state index in [1.807, 2.05) is 25.1 Å². The summed E-state index contributed by atoms with van der Waals surface area (Å²) in [5, 5.41) is 14.7. The van der Waals surface area contributed by atoms with Crippen LogP contribution in [0, 0.1) is 10.1 Å². The highest BCUT2D eigenvalue weighted by Crippen LogP contribution is 2.35. The van der Waals surface area contributed by atoms with Crippen LogP contribution in [0.1, 0.15) is 52.5 Å². The van der Waals surface area contributed by atoms with E-state index in [-0.39, 0.29) is 16.7 Å². The predicted octanol–water partition coefficient (Wildman–Crippen LogP) is 2.81. The molecule has 0 aliphatic carbocycles. The standard InChI is InChI=1S/C22H28N4O3/c1-3-17-18(4-2)20(22(23)27)9-8-19(17)21(25-12-10-24-11-13-25)15-6-5-7-16(14-15)26(28)29/h5-9,14,21,24H,3-4,10-13H2,1-2H3,(H2,23,27). The van der Waals surface area contributed by atoms with Crippen molar-refractivity contribution < 1.29 is 9.72 Å². The zero-order valence-corrected chi connectivity index (χ0v) is 17.0. The number of primary amides is 1. The summed E-state index contributed by atoms with van der Waals surface area (Å²) < 4.78 is 0. The average Bonchev–Trinajstić information content (AvgIpc) is 2.74. The number of nitro benzene ring substituents is 1.